The molecule has 0 saturated heterocycles. The van der Waals surface area contributed by atoms with Gasteiger partial charge in [-0.15, -0.1) is 0 Å². The van der Waals surface area contributed by atoms with Crippen LogP contribution in [0.2, 0.25) is 0 Å². The van der Waals surface area contributed by atoms with E-state index in [9.17, 15) is 4.79 Å². The summed E-state index contributed by atoms with van der Waals surface area (Å²) in [6.07, 6.45) is 5.64. The zero-order valence-electron chi connectivity index (χ0n) is 8.49. The summed E-state index contributed by atoms with van der Waals surface area (Å²) in [6, 6.07) is 0.00106. The van der Waals surface area contributed by atoms with E-state index in [2.05, 4.69) is 11.2 Å². The second-order valence-corrected chi connectivity index (χ2v) is 3.14. The molecule has 0 aromatic carbocycles. The van der Waals surface area contributed by atoms with Gasteiger partial charge in [0.2, 0.25) is 5.91 Å². The second kappa shape index (κ2) is 5.37. The first kappa shape index (κ1) is 10.7. The van der Waals surface area contributed by atoms with E-state index in [-0.39, 0.29) is 11.9 Å². The Kier molecular flexibility index (Phi) is 4.11. The van der Waals surface area contributed by atoms with E-state index in [0.29, 0.717) is 13.2 Å². The summed E-state index contributed by atoms with van der Waals surface area (Å²) in [7, 11) is 1.62. The summed E-state index contributed by atoms with van der Waals surface area (Å²) in [5, 5.41) is 2.81. The van der Waals surface area contributed by atoms with Crippen molar-refractivity contribution in [2.24, 2.45) is 0 Å². The van der Waals surface area contributed by atoms with Crippen molar-refractivity contribution in [3.63, 3.8) is 0 Å². The first-order valence-electron chi connectivity index (χ1n) is 4.51. The zero-order chi connectivity index (χ0) is 10.4. The van der Waals surface area contributed by atoms with Crippen LogP contribution in [0, 0.1) is 0 Å². The Balaban J connectivity index is 2.46. The molecule has 0 aromatic heterocycles. The highest BCUT2D eigenvalue weighted by molar-refractivity contribution is 5.73. The van der Waals surface area contributed by atoms with Crippen molar-refractivity contribution in [1.82, 2.24) is 5.32 Å². The average molecular weight is 195 g/mol. The number of carbonyl (C=O) groups excluding carboxylic acids is 1. The molecule has 1 heterocycles. The molecule has 0 saturated carbocycles. The first-order chi connectivity index (χ1) is 6.72. The molecule has 0 bridgehead atoms. The van der Waals surface area contributed by atoms with Crippen molar-refractivity contribution in [3.8, 4) is 0 Å². The van der Waals surface area contributed by atoms with Gasteiger partial charge in [-0.25, -0.2) is 0 Å². The molecular formula is C10H15N2O2+. The van der Waals surface area contributed by atoms with Gasteiger partial charge in [0, 0.05) is 20.1 Å². The molecule has 4 nitrogen and oxygen atoms in total. The fraction of sp³-hybridized carbons (Fsp3) is 0.500. The van der Waals surface area contributed by atoms with Crippen molar-refractivity contribution in [1.29, 1.82) is 0 Å². The Hall–Kier alpha value is -1.38. The molecule has 1 aliphatic heterocycles. The predicted molar refractivity (Wildman–Crippen MR) is 53.3 cm³/mol. The fourth-order valence-corrected chi connectivity index (χ4v) is 1.31. The van der Waals surface area contributed by atoms with Gasteiger partial charge in [0.05, 0.1) is 12.7 Å². The maximum Gasteiger partial charge on any atom is 0.217 e. The highest BCUT2D eigenvalue weighted by atomic mass is 16.5. The number of allylic oxidation sites excluding steroid dienone is 2. The number of rotatable bonds is 5. The molecular weight excluding hydrogens is 180 g/mol. The van der Waals surface area contributed by atoms with Crippen LogP contribution in [0.5, 0.6) is 0 Å². The van der Waals surface area contributed by atoms with Gasteiger partial charge >= 0.3 is 0 Å². The maximum atomic E-state index is 10.9. The Labute approximate surface area is 83.6 Å². The lowest BCUT2D eigenvalue weighted by molar-refractivity contribution is -0.452. The van der Waals surface area contributed by atoms with Gasteiger partial charge in [0.15, 0.2) is 18.6 Å². The topological polar surface area (TPSA) is 41.3 Å². The molecule has 14 heavy (non-hydrogen) atoms. The molecule has 1 atom stereocenters. The molecule has 0 unspecified atom stereocenters. The third-order valence-corrected chi connectivity index (χ3v) is 1.79. The first-order valence-corrected chi connectivity index (χ1v) is 4.51. The number of carbonyl (C=O) groups is 1. The Morgan fingerprint density at radius 2 is 2.50 bits per heavy atom. The minimum absolute atomic E-state index is 0.00106. The molecule has 0 radical (unpaired) electrons. The Morgan fingerprint density at radius 1 is 1.71 bits per heavy atom. The third-order valence-electron chi connectivity index (χ3n) is 1.79. The SMILES string of the molecule is COC[C@@H](C[N+]1=C=CC=C1)NC(C)=O. The quantitative estimate of drug-likeness (QED) is 0.623. The molecule has 0 spiro atoms. The average Bonchev–Trinajstić information content (AvgIpc) is 2.56. The van der Waals surface area contributed by atoms with Crippen LogP contribution in [0.1, 0.15) is 6.92 Å². The highest BCUT2D eigenvalue weighted by Gasteiger charge is 2.16. The maximum absolute atomic E-state index is 10.9. The number of nitrogens with one attached hydrogen (secondary N) is 1. The van der Waals surface area contributed by atoms with Crippen molar-refractivity contribution in [3.05, 3.63) is 18.4 Å². The lowest BCUT2D eigenvalue weighted by Gasteiger charge is -2.12. The zero-order valence-corrected chi connectivity index (χ0v) is 8.49. The van der Waals surface area contributed by atoms with Crippen LogP contribution in [-0.2, 0) is 9.53 Å². The molecule has 1 aliphatic rings. The van der Waals surface area contributed by atoms with Gasteiger partial charge in [-0.3, -0.25) is 4.79 Å². The molecule has 1 N–H and O–H groups in total. The van der Waals surface area contributed by atoms with Crippen LogP contribution in [-0.4, -0.2) is 42.7 Å². The number of ether oxygens (including phenoxy) is 1. The van der Waals surface area contributed by atoms with E-state index < -0.39 is 0 Å². The van der Waals surface area contributed by atoms with E-state index in [4.69, 9.17) is 4.74 Å². The standard InChI is InChI=1S/C10H14N2O2/c1-9(13)11-10(8-14-2)7-12-5-3-4-6-12/h3-5,10H,7-8H2,1-2H3/p+1/t10-/m1/s1. The van der Waals surface area contributed by atoms with Crippen LogP contribution in [0.25, 0.3) is 0 Å². The van der Waals surface area contributed by atoms with Gasteiger partial charge in [-0.05, 0) is 0 Å². The number of nitrogens with zero attached hydrogens (tertiary/aromatic N) is 1. The number of hydrogen-bond acceptors (Lipinski definition) is 2. The van der Waals surface area contributed by atoms with E-state index in [1.807, 2.05) is 22.9 Å². The number of methoxy groups -OCH3 is 1. The third kappa shape index (κ3) is 3.56. The van der Waals surface area contributed by atoms with Crippen LogP contribution in [0.3, 0.4) is 0 Å². The number of amides is 1. The molecule has 0 aliphatic carbocycles. The molecule has 76 valence electrons. The molecule has 1 amide bonds. The van der Waals surface area contributed by atoms with Crippen LogP contribution in [0.4, 0.5) is 0 Å². The lowest BCUT2D eigenvalue weighted by atomic mass is 10.3. The molecule has 0 fully saturated rings. The highest BCUT2D eigenvalue weighted by Crippen LogP contribution is 1.91. The summed E-state index contributed by atoms with van der Waals surface area (Å²) in [4.78, 5) is 10.9. The van der Waals surface area contributed by atoms with E-state index in [0.717, 1.165) is 0 Å². The molecule has 4 heteroatoms. The van der Waals surface area contributed by atoms with Gasteiger partial charge in [-0.2, -0.15) is 4.58 Å². The minimum atomic E-state index is -0.0424. The van der Waals surface area contributed by atoms with Gasteiger partial charge < -0.3 is 10.1 Å². The summed E-state index contributed by atoms with van der Waals surface area (Å²) < 4.78 is 6.90. The van der Waals surface area contributed by atoms with E-state index in [1.54, 1.807) is 7.11 Å². The summed E-state index contributed by atoms with van der Waals surface area (Å²) in [5.41, 5.74) is 0. The molecule has 1 rings (SSSR count). The lowest BCUT2D eigenvalue weighted by Crippen LogP contribution is -2.41. The van der Waals surface area contributed by atoms with Crippen molar-refractivity contribution >= 4 is 11.8 Å². The summed E-state index contributed by atoms with van der Waals surface area (Å²) in [5.74, 6) is 2.97. The summed E-state index contributed by atoms with van der Waals surface area (Å²) in [6.45, 7) is 2.69. The van der Waals surface area contributed by atoms with Gasteiger partial charge in [0.1, 0.15) is 6.04 Å². The smallest absolute Gasteiger partial charge is 0.217 e. The number of hydrogen-bond donors (Lipinski definition) is 1. The summed E-state index contributed by atoms with van der Waals surface area (Å²) >= 11 is 0. The van der Waals surface area contributed by atoms with Crippen LogP contribution < -0.4 is 5.32 Å². The predicted octanol–water partition coefficient (Wildman–Crippen LogP) is -0.0968. The minimum Gasteiger partial charge on any atom is -0.382 e. The van der Waals surface area contributed by atoms with Gasteiger partial charge in [-0.1, -0.05) is 0 Å². The van der Waals surface area contributed by atoms with E-state index >= 15 is 0 Å². The second-order valence-electron chi connectivity index (χ2n) is 3.14. The Morgan fingerprint density at radius 3 is 3.00 bits per heavy atom. The van der Waals surface area contributed by atoms with Gasteiger partial charge in [0.25, 0.3) is 0 Å². The molecule has 0 aromatic rings. The van der Waals surface area contributed by atoms with E-state index in [1.165, 1.54) is 6.92 Å². The fourth-order valence-electron chi connectivity index (χ4n) is 1.31. The monoisotopic (exact) mass is 195 g/mol. The largest absolute Gasteiger partial charge is 0.382 e. The van der Waals surface area contributed by atoms with Crippen LogP contribution >= 0.6 is 0 Å². The van der Waals surface area contributed by atoms with Crippen molar-refractivity contribution in [2.75, 3.05) is 20.3 Å². The van der Waals surface area contributed by atoms with Crippen molar-refractivity contribution < 1.29 is 14.1 Å². The van der Waals surface area contributed by atoms with Crippen molar-refractivity contribution in [2.45, 2.75) is 13.0 Å². The van der Waals surface area contributed by atoms with Crippen LogP contribution in [0.15, 0.2) is 18.4 Å². The Bertz CT molecular complexity index is 301. The normalized spacial score (nSPS) is 15.4.